The Labute approximate surface area is 119 Å². The fourth-order valence-electron chi connectivity index (χ4n) is 2.48. The average molecular weight is 272 g/mol. The molecule has 1 unspecified atom stereocenters. The lowest BCUT2D eigenvalue weighted by atomic mass is 9.91. The monoisotopic (exact) mass is 272 g/mol. The maximum absolute atomic E-state index is 11.8. The first kappa shape index (κ1) is 14.3. The summed E-state index contributed by atoms with van der Waals surface area (Å²) in [6, 6.07) is 7.39. The highest BCUT2D eigenvalue weighted by Crippen LogP contribution is 2.28. The van der Waals surface area contributed by atoms with E-state index in [1.165, 1.54) is 12.5 Å². The molecule has 0 saturated carbocycles. The highest BCUT2D eigenvalue weighted by atomic mass is 16.2. The van der Waals surface area contributed by atoms with Crippen molar-refractivity contribution in [2.24, 2.45) is 0 Å². The zero-order valence-corrected chi connectivity index (χ0v) is 12.3. The standard InChI is InChI=1S/C16H20N2O2/c1-9(2)12-5-7-13(8-6-12)15-14(11(4)19)10(3)17-16(20)18-15/h5-9,15H,1-4H3,(H2,17,18,20). The van der Waals surface area contributed by atoms with E-state index in [1.54, 1.807) is 6.92 Å². The SMILES string of the molecule is CC(=O)C1=C(C)NC(=O)NC1c1ccc(C(C)C)cc1. The molecule has 2 N–H and O–H groups in total. The highest BCUT2D eigenvalue weighted by molar-refractivity contribution is 5.98. The smallest absolute Gasteiger partial charge is 0.319 e. The molecule has 4 heteroatoms. The first-order chi connectivity index (χ1) is 9.40. The summed E-state index contributed by atoms with van der Waals surface area (Å²) < 4.78 is 0. The molecular formula is C16H20N2O2. The van der Waals surface area contributed by atoms with Crippen LogP contribution in [-0.2, 0) is 4.79 Å². The third kappa shape index (κ3) is 2.74. The molecule has 2 amide bonds. The number of hydrogen-bond donors (Lipinski definition) is 2. The molecule has 0 radical (unpaired) electrons. The molecule has 1 aliphatic heterocycles. The van der Waals surface area contributed by atoms with Crippen LogP contribution < -0.4 is 10.6 Å². The minimum atomic E-state index is -0.373. The number of ketones is 1. The minimum absolute atomic E-state index is 0.0343. The summed E-state index contributed by atoms with van der Waals surface area (Å²) in [7, 11) is 0. The van der Waals surface area contributed by atoms with Gasteiger partial charge in [-0.25, -0.2) is 4.79 Å². The van der Waals surface area contributed by atoms with Crippen molar-refractivity contribution in [1.29, 1.82) is 0 Å². The molecule has 0 spiro atoms. The van der Waals surface area contributed by atoms with Crippen molar-refractivity contribution in [3.05, 3.63) is 46.7 Å². The normalized spacial score (nSPS) is 18.9. The number of allylic oxidation sites excluding steroid dienone is 1. The van der Waals surface area contributed by atoms with E-state index >= 15 is 0 Å². The fourth-order valence-corrected chi connectivity index (χ4v) is 2.48. The molecule has 0 saturated heterocycles. The molecule has 2 rings (SSSR count). The van der Waals surface area contributed by atoms with E-state index in [2.05, 4.69) is 24.5 Å². The van der Waals surface area contributed by atoms with Crippen LogP contribution in [0, 0.1) is 0 Å². The molecule has 4 nitrogen and oxygen atoms in total. The molecule has 0 aromatic heterocycles. The molecule has 1 heterocycles. The van der Waals surface area contributed by atoms with Gasteiger partial charge in [-0.2, -0.15) is 0 Å². The van der Waals surface area contributed by atoms with Gasteiger partial charge in [-0.1, -0.05) is 38.1 Å². The number of urea groups is 1. The van der Waals surface area contributed by atoms with Crippen LogP contribution in [-0.4, -0.2) is 11.8 Å². The topological polar surface area (TPSA) is 58.2 Å². The van der Waals surface area contributed by atoms with E-state index in [4.69, 9.17) is 0 Å². The van der Waals surface area contributed by atoms with Crippen LogP contribution in [0.25, 0.3) is 0 Å². The number of carbonyl (C=O) groups is 2. The average Bonchev–Trinajstić information content (AvgIpc) is 2.37. The van der Waals surface area contributed by atoms with Gasteiger partial charge < -0.3 is 10.6 Å². The van der Waals surface area contributed by atoms with Crippen molar-refractivity contribution < 1.29 is 9.59 Å². The van der Waals surface area contributed by atoms with E-state index in [-0.39, 0.29) is 17.9 Å². The maximum atomic E-state index is 11.8. The van der Waals surface area contributed by atoms with Gasteiger partial charge in [-0.3, -0.25) is 4.79 Å². The van der Waals surface area contributed by atoms with E-state index < -0.39 is 0 Å². The number of Topliss-reactive ketones (excluding diaryl/α,β-unsaturated/α-hetero) is 1. The predicted molar refractivity (Wildman–Crippen MR) is 78.3 cm³/mol. The zero-order chi connectivity index (χ0) is 14.9. The molecule has 20 heavy (non-hydrogen) atoms. The Morgan fingerprint density at radius 1 is 1.20 bits per heavy atom. The van der Waals surface area contributed by atoms with Gasteiger partial charge in [0.25, 0.3) is 0 Å². The van der Waals surface area contributed by atoms with Crippen LogP contribution in [0.3, 0.4) is 0 Å². The largest absolute Gasteiger partial charge is 0.327 e. The quantitative estimate of drug-likeness (QED) is 0.888. The Balaban J connectivity index is 2.41. The Morgan fingerprint density at radius 2 is 1.80 bits per heavy atom. The molecule has 1 aromatic rings. The molecule has 0 fully saturated rings. The number of carbonyl (C=O) groups excluding carboxylic acids is 2. The Morgan fingerprint density at radius 3 is 2.30 bits per heavy atom. The van der Waals surface area contributed by atoms with Gasteiger partial charge in [0.15, 0.2) is 5.78 Å². The van der Waals surface area contributed by atoms with Crippen LogP contribution in [0.15, 0.2) is 35.5 Å². The Hall–Kier alpha value is -2.10. The highest BCUT2D eigenvalue weighted by Gasteiger charge is 2.28. The second kappa shape index (κ2) is 5.49. The summed E-state index contributed by atoms with van der Waals surface area (Å²) in [6.07, 6.45) is 0. The van der Waals surface area contributed by atoms with Gasteiger partial charge >= 0.3 is 6.03 Å². The predicted octanol–water partition coefficient (Wildman–Crippen LogP) is 3.03. The lowest BCUT2D eigenvalue weighted by molar-refractivity contribution is -0.114. The fraction of sp³-hybridized carbons (Fsp3) is 0.375. The van der Waals surface area contributed by atoms with Crippen molar-refractivity contribution in [2.45, 2.75) is 39.7 Å². The summed E-state index contributed by atoms with van der Waals surface area (Å²) in [5, 5.41) is 5.46. The van der Waals surface area contributed by atoms with E-state index in [0.29, 0.717) is 17.2 Å². The third-order valence-electron chi connectivity index (χ3n) is 3.58. The van der Waals surface area contributed by atoms with Crippen LogP contribution in [0.4, 0.5) is 4.79 Å². The molecule has 1 atom stereocenters. The van der Waals surface area contributed by atoms with E-state index in [9.17, 15) is 9.59 Å². The van der Waals surface area contributed by atoms with E-state index in [0.717, 1.165) is 5.56 Å². The summed E-state index contributed by atoms with van der Waals surface area (Å²) in [6.45, 7) is 7.54. The van der Waals surface area contributed by atoms with Crippen molar-refractivity contribution in [3.63, 3.8) is 0 Å². The second-order valence-electron chi connectivity index (χ2n) is 5.45. The van der Waals surface area contributed by atoms with Gasteiger partial charge in [-0.15, -0.1) is 0 Å². The summed E-state index contributed by atoms with van der Waals surface area (Å²) in [5.41, 5.74) is 3.40. The minimum Gasteiger partial charge on any atom is -0.327 e. The molecule has 0 aliphatic carbocycles. The zero-order valence-electron chi connectivity index (χ0n) is 12.3. The second-order valence-corrected chi connectivity index (χ2v) is 5.45. The van der Waals surface area contributed by atoms with Crippen LogP contribution in [0.1, 0.15) is 50.8 Å². The van der Waals surface area contributed by atoms with Crippen molar-refractivity contribution in [1.82, 2.24) is 10.6 Å². The first-order valence-corrected chi connectivity index (χ1v) is 6.79. The summed E-state index contributed by atoms with van der Waals surface area (Å²) >= 11 is 0. The van der Waals surface area contributed by atoms with Gasteiger partial charge in [0.05, 0.1) is 6.04 Å². The van der Waals surface area contributed by atoms with Crippen molar-refractivity contribution in [2.75, 3.05) is 0 Å². The number of rotatable bonds is 3. The number of benzene rings is 1. The van der Waals surface area contributed by atoms with E-state index in [1.807, 2.05) is 24.3 Å². The Kier molecular flexibility index (Phi) is 3.93. The maximum Gasteiger partial charge on any atom is 0.319 e. The number of amides is 2. The molecule has 0 bridgehead atoms. The molecule has 1 aliphatic rings. The lowest BCUT2D eigenvalue weighted by Crippen LogP contribution is -2.44. The lowest BCUT2D eigenvalue weighted by Gasteiger charge is -2.28. The summed E-state index contributed by atoms with van der Waals surface area (Å²) in [5.74, 6) is 0.421. The van der Waals surface area contributed by atoms with Gasteiger partial charge in [0.2, 0.25) is 0 Å². The van der Waals surface area contributed by atoms with Gasteiger partial charge in [-0.05, 0) is 30.9 Å². The Bertz CT molecular complexity index is 571. The van der Waals surface area contributed by atoms with Crippen molar-refractivity contribution >= 4 is 11.8 Å². The number of nitrogens with one attached hydrogen (secondary N) is 2. The molecule has 106 valence electrons. The summed E-state index contributed by atoms with van der Waals surface area (Å²) in [4.78, 5) is 23.5. The van der Waals surface area contributed by atoms with Crippen LogP contribution >= 0.6 is 0 Å². The van der Waals surface area contributed by atoms with Crippen LogP contribution in [0.5, 0.6) is 0 Å². The van der Waals surface area contributed by atoms with Crippen LogP contribution in [0.2, 0.25) is 0 Å². The third-order valence-corrected chi connectivity index (χ3v) is 3.58. The molecular weight excluding hydrogens is 252 g/mol. The van der Waals surface area contributed by atoms with Gasteiger partial charge in [0, 0.05) is 11.3 Å². The molecule has 1 aromatic carbocycles. The van der Waals surface area contributed by atoms with Crippen molar-refractivity contribution in [3.8, 4) is 0 Å². The van der Waals surface area contributed by atoms with Gasteiger partial charge in [0.1, 0.15) is 0 Å². The first-order valence-electron chi connectivity index (χ1n) is 6.79. The number of hydrogen-bond acceptors (Lipinski definition) is 2.